The first kappa shape index (κ1) is 14.1. The largest absolute Gasteiger partial charge is 0.320 e. The predicted octanol–water partition coefficient (Wildman–Crippen LogP) is 2.22. The van der Waals surface area contributed by atoms with Gasteiger partial charge in [-0.25, -0.2) is 4.39 Å². The van der Waals surface area contributed by atoms with Crippen molar-refractivity contribution in [3.63, 3.8) is 0 Å². The lowest BCUT2D eigenvalue weighted by Gasteiger charge is -2.16. The highest BCUT2D eigenvalue weighted by atomic mass is 19.1. The summed E-state index contributed by atoms with van der Waals surface area (Å²) in [6.07, 6.45) is 2.15. The Kier molecular flexibility index (Phi) is 6.16. The van der Waals surface area contributed by atoms with E-state index in [9.17, 15) is 4.39 Å². The van der Waals surface area contributed by atoms with Crippen LogP contribution in [0.4, 0.5) is 4.39 Å². The molecule has 1 N–H and O–H groups in total. The van der Waals surface area contributed by atoms with E-state index in [1.807, 2.05) is 26.1 Å². The van der Waals surface area contributed by atoms with Gasteiger partial charge in [-0.05, 0) is 64.1 Å². The molecule has 96 valence electrons. The molecule has 0 saturated heterocycles. The first-order chi connectivity index (χ1) is 8.13. The van der Waals surface area contributed by atoms with Crippen LogP contribution in [0.2, 0.25) is 0 Å². The molecule has 0 aliphatic heterocycles. The lowest BCUT2D eigenvalue weighted by Crippen LogP contribution is -2.25. The molecule has 0 spiro atoms. The number of hydrogen-bond donors (Lipinski definition) is 1. The molecule has 2 nitrogen and oxygen atoms in total. The maximum Gasteiger partial charge on any atom is 0.126 e. The maximum absolute atomic E-state index is 13.1. The number of nitrogens with zero attached hydrogens (tertiary/aromatic N) is 1. The van der Waals surface area contributed by atoms with Crippen LogP contribution in [0, 0.1) is 12.7 Å². The highest BCUT2D eigenvalue weighted by Crippen LogP contribution is 2.10. The second-order valence-corrected chi connectivity index (χ2v) is 4.59. The Labute approximate surface area is 104 Å². The van der Waals surface area contributed by atoms with E-state index in [2.05, 4.69) is 17.3 Å². The second-order valence-electron chi connectivity index (χ2n) is 4.59. The Bertz CT molecular complexity index is 339. The van der Waals surface area contributed by atoms with Crippen LogP contribution in [-0.2, 0) is 6.42 Å². The van der Waals surface area contributed by atoms with Crippen molar-refractivity contribution in [2.24, 2.45) is 0 Å². The minimum absolute atomic E-state index is 0.115. The fourth-order valence-electron chi connectivity index (χ4n) is 1.82. The Morgan fingerprint density at radius 1 is 1.29 bits per heavy atom. The van der Waals surface area contributed by atoms with Crippen LogP contribution in [0.1, 0.15) is 17.5 Å². The Hall–Kier alpha value is -0.930. The van der Waals surface area contributed by atoms with Gasteiger partial charge >= 0.3 is 0 Å². The van der Waals surface area contributed by atoms with Gasteiger partial charge in [0.2, 0.25) is 0 Å². The van der Waals surface area contributed by atoms with E-state index >= 15 is 0 Å². The molecule has 3 heteroatoms. The van der Waals surface area contributed by atoms with Gasteiger partial charge in [0.1, 0.15) is 5.82 Å². The molecule has 0 saturated carbocycles. The first-order valence-electron chi connectivity index (χ1n) is 6.21. The summed E-state index contributed by atoms with van der Waals surface area (Å²) in [5, 5.41) is 3.14. The van der Waals surface area contributed by atoms with E-state index in [0.717, 1.165) is 38.0 Å². The smallest absolute Gasteiger partial charge is 0.126 e. The van der Waals surface area contributed by atoms with Gasteiger partial charge in [-0.15, -0.1) is 0 Å². The van der Waals surface area contributed by atoms with Crippen LogP contribution >= 0.6 is 0 Å². The van der Waals surface area contributed by atoms with Gasteiger partial charge in [0.25, 0.3) is 0 Å². The van der Waals surface area contributed by atoms with Gasteiger partial charge < -0.3 is 10.2 Å². The van der Waals surface area contributed by atoms with E-state index in [0.29, 0.717) is 0 Å². The molecule has 0 fully saturated rings. The molecule has 0 atom stereocenters. The fraction of sp³-hybridized carbons (Fsp3) is 0.571. The molecule has 0 heterocycles. The summed E-state index contributed by atoms with van der Waals surface area (Å²) >= 11 is 0. The molecule has 1 rings (SSSR count). The third kappa shape index (κ3) is 5.29. The van der Waals surface area contributed by atoms with Crippen molar-refractivity contribution in [3.8, 4) is 0 Å². The van der Waals surface area contributed by atoms with Gasteiger partial charge in [-0.3, -0.25) is 0 Å². The van der Waals surface area contributed by atoms with Crippen molar-refractivity contribution < 1.29 is 4.39 Å². The number of benzene rings is 1. The lowest BCUT2D eigenvalue weighted by atomic mass is 10.1. The molecule has 1 aromatic rings. The van der Waals surface area contributed by atoms with E-state index in [1.54, 1.807) is 6.07 Å². The Balaban J connectivity index is 2.31. The zero-order chi connectivity index (χ0) is 12.7. The summed E-state index contributed by atoms with van der Waals surface area (Å²) < 4.78 is 13.1. The monoisotopic (exact) mass is 238 g/mol. The van der Waals surface area contributed by atoms with Crippen LogP contribution < -0.4 is 5.32 Å². The van der Waals surface area contributed by atoms with Crippen LogP contribution in [0.3, 0.4) is 0 Å². The van der Waals surface area contributed by atoms with Crippen LogP contribution in [0.5, 0.6) is 0 Å². The van der Waals surface area contributed by atoms with Crippen molar-refractivity contribution in [1.82, 2.24) is 10.2 Å². The SMILES string of the molecule is CNCCCN(C)CCc1ccc(F)c(C)c1. The van der Waals surface area contributed by atoms with Gasteiger partial charge in [-0.1, -0.05) is 12.1 Å². The highest BCUT2D eigenvalue weighted by molar-refractivity contribution is 5.24. The van der Waals surface area contributed by atoms with Gasteiger partial charge in [0, 0.05) is 6.54 Å². The Morgan fingerprint density at radius 2 is 2.06 bits per heavy atom. The first-order valence-corrected chi connectivity index (χ1v) is 6.21. The van der Waals surface area contributed by atoms with Crippen LogP contribution in [0.25, 0.3) is 0 Å². The standard InChI is InChI=1S/C14H23FN2/c1-12-11-13(5-6-14(12)15)7-10-17(3)9-4-8-16-2/h5-6,11,16H,4,7-10H2,1-3H3. The molecule has 0 bridgehead atoms. The zero-order valence-electron chi connectivity index (χ0n) is 11.1. The predicted molar refractivity (Wildman–Crippen MR) is 70.9 cm³/mol. The average Bonchev–Trinajstić information content (AvgIpc) is 2.31. The second kappa shape index (κ2) is 7.41. The summed E-state index contributed by atoms with van der Waals surface area (Å²) in [4.78, 5) is 2.32. The van der Waals surface area contributed by atoms with Crippen molar-refractivity contribution in [3.05, 3.63) is 35.1 Å². The van der Waals surface area contributed by atoms with Crippen molar-refractivity contribution in [2.45, 2.75) is 19.8 Å². The van der Waals surface area contributed by atoms with E-state index in [-0.39, 0.29) is 5.82 Å². The number of aryl methyl sites for hydroxylation is 1. The zero-order valence-corrected chi connectivity index (χ0v) is 11.1. The summed E-state index contributed by atoms with van der Waals surface area (Å²) in [5.41, 5.74) is 1.95. The van der Waals surface area contributed by atoms with Crippen LogP contribution in [0.15, 0.2) is 18.2 Å². The normalized spacial score (nSPS) is 11.1. The highest BCUT2D eigenvalue weighted by Gasteiger charge is 2.01. The number of likely N-dealkylation sites (N-methyl/N-ethyl adjacent to an activating group) is 1. The number of rotatable bonds is 7. The minimum Gasteiger partial charge on any atom is -0.320 e. The molecule has 0 aromatic heterocycles. The molecule has 0 radical (unpaired) electrons. The molecular weight excluding hydrogens is 215 g/mol. The third-order valence-corrected chi connectivity index (χ3v) is 2.97. The van der Waals surface area contributed by atoms with Gasteiger partial charge in [0.05, 0.1) is 0 Å². The number of nitrogens with one attached hydrogen (secondary N) is 1. The molecule has 0 aliphatic carbocycles. The van der Waals surface area contributed by atoms with E-state index < -0.39 is 0 Å². The molecule has 1 aromatic carbocycles. The third-order valence-electron chi connectivity index (χ3n) is 2.97. The van der Waals surface area contributed by atoms with Gasteiger partial charge in [-0.2, -0.15) is 0 Å². The van der Waals surface area contributed by atoms with Crippen molar-refractivity contribution in [1.29, 1.82) is 0 Å². The number of hydrogen-bond acceptors (Lipinski definition) is 2. The average molecular weight is 238 g/mol. The molecule has 0 aliphatic rings. The topological polar surface area (TPSA) is 15.3 Å². The van der Waals surface area contributed by atoms with Crippen molar-refractivity contribution >= 4 is 0 Å². The number of halogens is 1. The summed E-state index contributed by atoms with van der Waals surface area (Å²) in [5.74, 6) is -0.115. The quantitative estimate of drug-likeness (QED) is 0.733. The minimum atomic E-state index is -0.115. The molecule has 17 heavy (non-hydrogen) atoms. The van der Waals surface area contributed by atoms with Crippen LogP contribution in [-0.4, -0.2) is 38.6 Å². The van der Waals surface area contributed by atoms with E-state index in [1.165, 1.54) is 5.56 Å². The lowest BCUT2D eigenvalue weighted by molar-refractivity contribution is 0.332. The summed E-state index contributed by atoms with van der Waals surface area (Å²) in [6.45, 7) is 4.99. The summed E-state index contributed by atoms with van der Waals surface area (Å²) in [7, 11) is 4.10. The Morgan fingerprint density at radius 3 is 2.71 bits per heavy atom. The molecule has 0 amide bonds. The van der Waals surface area contributed by atoms with Crippen molar-refractivity contribution in [2.75, 3.05) is 33.7 Å². The maximum atomic E-state index is 13.1. The van der Waals surface area contributed by atoms with E-state index in [4.69, 9.17) is 0 Å². The fourth-order valence-corrected chi connectivity index (χ4v) is 1.82. The molecule has 0 unspecified atom stereocenters. The van der Waals surface area contributed by atoms with Gasteiger partial charge in [0.15, 0.2) is 0 Å². The summed E-state index contributed by atoms with van der Waals surface area (Å²) in [6, 6.07) is 5.38. The molecular formula is C14H23FN2.